The summed E-state index contributed by atoms with van der Waals surface area (Å²) in [5, 5.41) is -0.0140. The van der Waals surface area contributed by atoms with Gasteiger partial charge in [0.2, 0.25) is 0 Å². The molecule has 0 N–H and O–H groups in total. The lowest BCUT2D eigenvalue weighted by Gasteiger charge is -2.34. The molecule has 0 saturated carbocycles. The Morgan fingerprint density at radius 2 is 1.96 bits per heavy atom. The first-order chi connectivity index (χ1) is 10.4. The molecule has 23 heavy (non-hydrogen) atoms. The van der Waals surface area contributed by atoms with Crippen LogP contribution in [0.3, 0.4) is 0 Å². The lowest BCUT2D eigenvalue weighted by molar-refractivity contribution is 0.0641. The Kier molecular flexibility index (Phi) is 7.78. The quantitative estimate of drug-likeness (QED) is 0.787. The summed E-state index contributed by atoms with van der Waals surface area (Å²) in [5.74, 6) is -0.261. The topological polar surface area (TPSA) is 23.6 Å². The summed E-state index contributed by atoms with van der Waals surface area (Å²) in [4.78, 5) is 16.8. The summed E-state index contributed by atoms with van der Waals surface area (Å²) in [6.07, 6.45) is 2.46. The number of rotatable bonds is 5. The Bertz CT molecular complexity index is 533. The number of likely N-dealkylation sites (N-methyl/N-ethyl adjacent to an activating group) is 1. The Labute approximate surface area is 149 Å². The van der Waals surface area contributed by atoms with Crippen LogP contribution in [0.25, 0.3) is 0 Å². The van der Waals surface area contributed by atoms with E-state index in [1.807, 2.05) is 7.05 Å². The van der Waals surface area contributed by atoms with Gasteiger partial charge in [0.15, 0.2) is 0 Å². The molecule has 130 valence electrons. The summed E-state index contributed by atoms with van der Waals surface area (Å²) >= 11 is 5.79. The van der Waals surface area contributed by atoms with Gasteiger partial charge in [-0.1, -0.05) is 25.4 Å². The number of benzene rings is 1. The van der Waals surface area contributed by atoms with Gasteiger partial charge in [0.25, 0.3) is 5.91 Å². The maximum absolute atomic E-state index is 13.3. The SMILES string of the molecule is CC(C)C(CN1CCCC1)N(C)C(=O)c1ccc(F)c(Cl)c1.Cl. The van der Waals surface area contributed by atoms with E-state index in [0.29, 0.717) is 11.5 Å². The van der Waals surface area contributed by atoms with Crippen molar-refractivity contribution >= 4 is 29.9 Å². The van der Waals surface area contributed by atoms with Gasteiger partial charge in [-0.3, -0.25) is 4.79 Å². The van der Waals surface area contributed by atoms with Gasteiger partial charge in [0, 0.05) is 25.2 Å². The predicted molar refractivity (Wildman–Crippen MR) is 95.1 cm³/mol. The summed E-state index contributed by atoms with van der Waals surface area (Å²) in [6.45, 7) is 7.35. The molecule has 0 radical (unpaired) electrons. The number of amides is 1. The monoisotopic (exact) mass is 362 g/mol. The molecule has 0 spiro atoms. The number of halogens is 3. The van der Waals surface area contributed by atoms with Crippen LogP contribution in [0.2, 0.25) is 5.02 Å². The fourth-order valence-corrected chi connectivity index (χ4v) is 3.17. The molecule has 0 aliphatic carbocycles. The average Bonchev–Trinajstić information content (AvgIpc) is 2.99. The molecule has 2 rings (SSSR count). The molecule has 0 bridgehead atoms. The van der Waals surface area contributed by atoms with Crippen LogP contribution in [-0.2, 0) is 0 Å². The number of likely N-dealkylation sites (tertiary alicyclic amines) is 1. The first-order valence-corrected chi connectivity index (χ1v) is 8.22. The highest BCUT2D eigenvalue weighted by atomic mass is 35.5. The van der Waals surface area contributed by atoms with Crippen molar-refractivity contribution in [1.82, 2.24) is 9.80 Å². The van der Waals surface area contributed by atoms with Crippen LogP contribution >= 0.6 is 24.0 Å². The third-order valence-corrected chi connectivity index (χ3v) is 4.69. The minimum absolute atomic E-state index is 0. The van der Waals surface area contributed by atoms with Gasteiger partial charge in [-0.25, -0.2) is 4.39 Å². The number of nitrogens with zero attached hydrogens (tertiary/aromatic N) is 2. The highest BCUT2D eigenvalue weighted by Crippen LogP contribution is 2.20. The first kappa shape index (κ1) is 20.2. The van der Waals surface area contributed by atoms with Crippen LogP contribution in [0.4, 0.5) is 4.39 Å². The van der Waals surface area contributed by atoms with E-state index in [1.54, 1.807) is 4.90 Å². The van der Waals surface area contributed by atoms with Crippen molar-refractivity contribution in [3.8, 4) is 0 Å². The Hall–Kier alpha value is -0.840. The first-order valence-electron chi connectivity index (χ1n) is 7.84. The van der Waals surface area contributed by atoms with Crippen molar-refractivity contribution < 1.29 is 9.18 Å². The highest BCUT2D eigenvalue weighted by Gasteiger charge is 2.27. The van der Waals surface area contributed by atoms with Gasteiger partial charge in [-0.05, 0) is 50.0 Å². The molecular formula is C17H25Cl2FN2O. The molecule has 1 fully saturated rings. The van der Waals surface area contributed by atoms with E-state index in [-0.39, 0.29) is 29.4 Å². The smallest absolute Gasteiger partial charge is 0.253 e. The average molecular weight is 363 g/mol. The Morgan fingerprint density at radius 1 is 1.35 bits per heavy atom. The molecule has 1 saturated heterocycles. The van der Waals surface area contributed by atoms with Crippen molar-refractivity contribution in [2.24, 2.45) is 5.92 Å². The number of hydrogen-bond acceptors (Lipinski definition) is 2. The molecule has 1 aromatic rings. The van der Waals surface area contributed by atoms with Gasteiger partial charge in [0.05, 0.1) is 5.02 Å². The van der Waals surface area contributed by atoms with Gasteiger partial charge in [-0.15, -0.1) is 12.4 Å². The van der Waals surface area contributed by atoms with Gasteiger partial charge >= 0.3 is 0 Å². The molecule has 1 heterocycles. The zero-order valence-corrected chi connectivity index (χ0v) is 15.5. The van der Waals surface area contributed by atoms with Gasteiger partial charge in [-0.2, -0.15) is 0 Å². The lowest BCUT2D eigenvalue weighted by atomic mass is 10.0. The second-order valence-electron chi connectivity index (χ2n) is 6.36. The van der Waals surface area contributed by atoms with E-state index >= 15 is 0 Å². The van der Waals surface area contributed by atoms with E-state index in [1.165, 1.54) is 31.0 Å². The second-order valence-corrected chi connectivity index (χ2v) is 6.77. The Balaban J connectivity index is 0.00000264. The molecule has 3 nitrogen and oxygen atoms in total. The highest BCUT2D eigenvalue weighted by molar-refractivity contribution is 6.31. The number of hydrogen-bond donors (Lipinski definition) is 0. The van der Waals surface area contributed by atoms with Crippen molar-refractivity contribution in [2.75, 3.05) is 26.7 Å². The van der Waals surface area contributed by atoms with Crippen LogP contribution in [0, 0.1) is 11.7 Å². The third kappa shape index (κ3) is 5.07. The Morgan fingerprint density at radius 3 is 2.48 bits per heavy atom. The van der Waals surface area contributed by atoms with Crippen LogP contribution in [0.1, 0.15) is 37.0 Å². The molecule has 0 aromatic heterocycles. The van der Waals surface area contributed by atoms with Gasteiger partial charge < -0.3 is 9.80 Å². The number of carbonyl (C=O) groups excluding carboxylic acids is 1. The zero-order chi connectivity index (χ0) is 16.3. The third-order valence-electron chi connectivity index (χ3n) is 4.40. The van der Waals surface area contributed by atoms with Crippen LogP contribution in [0.5, 0.6) is 0 Å². The fourth-order valence-electron chi connectivity index (χ4n) is 2.99. The molecule has 1 aliphatic rings. The maximum Gasteiger partial charge on any atom is 0.253 e. The predicted octanol–water partition coefficient (Wildman–Crippen LogP) is 4.09. The van der Waals surface area contributed by atoms with Crippen molar-refractivity contribution in [1.29, 1.82) is 0 Å². The van der Waals surface area contributed by atoms with Crippen molar-refractivity contribution in [3.63, 3.8) is 0 Å². The summed E-state index contributed by atoms with van der Waals surface area (Å²) < 4.78 is 13.3. The molecule has 1 atom stereocenters. The molecule has 1 aliphatic heterocycles. The normalized spacial score (nSPS) is 16.3. The molecule has 1 amide bonds. The van der Waals surface area contributed by atoms with E-state index in [9.17, 15) is 9.18 Å². The van der Waals surface area contributed by atoms with Crippen molar-refractivity contribution in [3.05, 3.63) is 34.6 Å². The minimum Gasteiger partial charge on any atom is -0.337 e. The minimum atomic E-state index is -0.502. The second kappa shape index (κ2) is 8.86. The van der Waals surface area contributed by atoms with Crippen molar-refractivity contribution in [2.45, 2.75) is 32.7 Å². The molecule has 1 aromatic carbocycles. The van der Waals surface area contributed by atoms with E-state index < -0.39 is 5.82 Å². The van der Waals surface area contributed by atoms with E-state index in [2.05, 4.69) is 18.7 Å². The zero-order valence-electron chi connectivity index (χ0n) is 13.9. The summed E-state index contributed by atoms with van der Waals surface area (Å²) in [6, 6.07) is 4.28. The van der Waals surface area contributed by atoms with E-state index in [0.717, 1.165) is 19.6 Å². The lowest BCUT2D eigenvalue weighted by Crippen LogP contribution is -2.47. The van der Waals surface area contributed by atoms with Crippen LogP contribution in [0.15, 0.2) is 18.2 Å². The van der Waals surface area contributed by atoms with Crippen LogP contribution < -0.4 is 0 Å². The largest absolute Gasteiger partial charge is 0.337 e. The van der Waals surface area contributed by atoms with Crippen LogP contribution in [-0.4, -0.2) is 48.4 Å². The number of carbonyl (C=O) groups is 1. The maximum atomic E-state index is 13.3. The molecule has 6 heteroatoms. The van der Waals surface area contributed by atoms with E-state index in [4.69, 9.17) is 11.6 Å². The van der Waals surface area contributed by atoms with Gasteiger partial charge in [0.1, 0.15) is 5.82 Å². The molecular weight excluding hydrogens is 338 g/mol. The molecule has 1 unspecified atom stereocenters. The standard InChI is InChI=1S/C17H24ClFN2O.ClH/c1-12(2)16(11-21-8-4-5-9-21)20(3)17(22)13-6-7-15(19)14(18)10-13;/h6-7,10,12,16H,4-5,8-9,11H2,1-3H3;1H. The summed E-state index contributed by atoms with van der Waals surface area (Å²) in [7, 11) is 1.82. The fraction of sp³-hybridized carbons (Fsp3) is 0.588. The summed E-state index contributed by atoms with van der Waals surface area (Å²) in [5.41, 5.74) is 0.431.